The van der Waals surface area contributed by atoms with Crippen molar-refractivity contribution >= 4 is 35.1 Å². The Balaban J connectivity index is 0.00000161. The lowest BCUT2D eigenvalue weighted by molar-refractivity contribution is 0.344. The molecule has 21 heavy (non-hydrogen) atoms. The predicted molar refractivity (Wildman–Crippen MR) is 89.6 cm³/mol. The van der Waals surface area contributed by atoms with E-state index in [1.54, 1.807) is 0 Å². The lowest BCUT2D eigenvalue weighted by Gasteiger charge is -2.28. The summed E-state index contributed by atoms with van der Waals surface area (Å²) >= 11 is 0. The van der Waals surface area contributed by atoms with Crippen LogP contribution in [-0.4, -0.2) is 22.6 Å². The Bertz CT molecular complexity index is 596. The van der Waals surface area contributed by atoms with E-state index in [2.05, 4.69) is 15.3 Å². The SMILES string of the molecule is Cl.NCC1CCC(Nc2nc(N)c3ccccc3n2)CC1. The molecule has 114 valence electrons. The summed E-state index contributed by atoms with van der Waals surface area (Å²) in [5, 5.41) is 4.32. The molecule has 5 nitrogen and oxygen atoms in total. The summed E-state index contributed by atoms with van der Waals surface area (Å²) in [5.74, 6) is 1.85. The van der Waals surface area contributed by atoms with Crippen LogP contribution in [0.15, 0.2) is 24.3 Å². The van der Waals surface area contributed by atoms with E-state index in [9.17, 15) is 0 Å². The van der Waals surface area contributed by atoms with Gasteiger partial charge in [-0.3, -0.25) is 0 Å². The Morgan fingerprint density at radius 3 is 2.52 bits per heavy atom. The maximum absolute atomic E-state index is 6.00. The first kappa shape index (κ1) is 15.8. The van der Waals surface area contributed by atoms with Crippen LogP contribution < -0.4 is 16.8 Å². The summed E-state index contributed by atoms with van der Waals surface area (Å²) in [6.07, 6.45) is 4.60. The molecule has 0 amide bonds. The molecule has 0 bridgehead atoms. The Labute approximate surface area is 130 Å². The zero-order chi connectivity index (χ0) is 13.9. The lowest BCUT2D eigenvalue weighted by atomic mass is 9.86. The molecule has 5 N–H and O–H groups in total. The van der Waals surface area contributed by atoms with Gasteiger partial charge in [0.15, 0.2) is 0 Å². The van der Waals surface area contributed by atoms with Crippen LogP contribution in [0, 0.1) is 5.92 Å². The second kappa shape index (κ2) is 6.91. The molecule has 1 fully saturated rings. The number of nitrogens with one attached hydrogen (secondary N) is 1. The quantitative estimate of drug-likeness (QED) is 0.811. The van der Waals surface area contributed by atoms with Crippen LogP contribution in [0.3, 0.4) is 0 Å². The number of aromatic nitrogens is 2. The molecule has 0 aliphatic heterocycles. The number of nitrogens with two attached hydrogens (primary N) is 2. The van der Waals surface area contributed by atoms with Gasteiger partial charge in [-0.05, 0) is 50.3 Å². The fourth-order valence-electron chi connectivity index (χ4n) is 2.89. The van der Waals surface area contributed by atoms with Crippen molar-refractivity contribution in [1.29, 1.82) is 0 Å². The van der Waals surface area contributed by atoms with Crippen molar-refractivity contribution in [3.8, 4) is 0 Å². The van der Waals surface area contributed by atoms with Gasteiger partial charge in [-0.15, -0.1) is 12.4 Å². The van der Waals surface area contributed by atoms with Gasteiger partial charge in [0.1, 0.15) is 5.82 Å². The van der Waals surface area contributed by atoms with Crippen LogP contribution in [0.25, 0.3) is 10.9 Å². The third kappa shape index (κ3) is 3.54. The van der Waals surface area contributed by atoms with Crippen LogP contribution in [0.1, 0.15) is 25.7 Å². The van der Waals surface area contributed by atoms with Gasteiger partial charge in [-0.2, -0.15) is 4.98 Å². The first-order chi connectivity index (χ1) is 9.76. The van der Waals surface area contributed by atoms with E-state index in [1.165, 1.54) is 12.8 Å². The Kier molecular flexibility index (Phi) is 5.20. The highest BCUT2D eigenvalue weighted by atomic mass is 35.5. The fourth-order valence-corrected chi connectivity index (χ4v) is 2.89. The second-order valence-corrected chi connectivity index (χ2v) is 5.55. The van der Waals surface area contributed by atoms with E-state index in [0.29, 0.717) is 23.7 Å². The molecular formula is C15H22ClN5. The Morgan fingerprint density at radius 2 is 1.81 bits per heavy atom. The molecule has 1 aliphatic rings. The van der Waals surface area contributed by atoms with Crippen LogP contribution >= 0.6 is 12.4 Å². The molecular weight excluding hydrogens is 286 g/mol. The Morgan fingerprint density at radius 1 is 1.10 bits per heavy atom. The first-order valence-electron chi connectivity index (χ1n) is 7.25. The average molecular weight is 308 g/mol. The maximum Gasteiger partial charge on any atom is 0.225 e. The molecule has 0 unspecified atom stereocenters. The van der Waals surface area contributed by atoms with Crippen molar-refractivity contribution in [1.82, 2.24) is 9.97 Å². The number of halogens is 1. The molecule has 3 rings (SSSR count). The molecule has 6 heteroatoms. The standard InChI is InChI=1S/C15H21N5.ClH/c16-9-10-5-7-11(8-6-10)18-15-19-13-4-2-1-3-12(13)14(17)20-15;/h1-4,10-11H,5-9,16H2,(H3,17,18,19,20);1H. The van der Waals surface area contributed by atoms with Gasteiger partial charge < -0.3 is 16.8 Å². The number of nitrogens with zero attached hydrogens (tertiary/aromatic N) is 2. The van der Waals surface area contributed by atoms with E-state index in [1.807, 2.05) is 24.3 Å². The first-order valence-corrected chi connectivity index (χ1v) is 7.25. The normalized spacial score (nSPS) is 21.8. The zero-order valence-electron chi connectivity index (χ0n) is 12.0. The van der Waals surface area contributed by atoms with Crippen molar-refractivity contribution in [2.24, 2.45) is 11.7 Å². The number of anilines is 2. The minimum atomic E-state index is 0. The molecule has 1 aromatic heterocycles. The van der Waals surface area contributed by atoms with Gasteiger partial charge in [-0.1, -0.05) is 12.1 Å². The summed E-state index contributed by atoms with van der Waals surface area (Å²) in [6.45, 7) is 0.798. The van der Waals surface area contributed by atoms with Crippen molar-refractivity contribution in [2.45, 2.75) is 31.7 Å². The Hall–Kier alpha value is -1.59. The van der Waals surface area contributed by atoms with Crippen molar-refractivity contribution in [3.63, 3.8) is 0 Å². The van der Waals surface area contributed by atoms with E-state index in [0.717, 1.165) is 30.3 Å². The molecule has 0 spiro atoms. The predicted octanol–water partition coefficient (Wildman–Crippen LogP) is 2.56. The highest BCUT2D eigenvalue weighted by Crippen LogP contribution is 2.26. The lowest BCUT2D eigenvalue weighted by Crippen LogP contribution is -2.29. The van der Waals surface area contributed by atoms with E-state index < -0.39 is 0 Å². The summed E-state index contributed by atoms with van der Waals surface area (Å²) in [7, 11) is 0. The molecule has 0 saturated heterocycles. The van der Waals surface area contributed by atoms with Gasteiger partial charge >= 0.3 is 0 Å². The van der Waals surface area contributed by atoms with Crippen molar-refractivity contribution in [3.05, 3.63) is 24.3 Å². The van der Waals surface area contributed by atoms with Gasteiger partial charge in [0.05, 0.1) is 5.52 Å². The van der Waals surface area contributed by atoms with E-state index in [4.69, 9.17) is 11.5 Å². The van der Waals surface area contributed by atoms with Crippen molar-refractivity contribution in [2.75, 3.05) is 17.6 Å². The molecule has 1 heterocycles. The summed E-state index contributed by atoms with van der Waals surface area (Å²) in [4.78, 5) is 8.91. The maximum atomic E-state index is 6.00. The monoisotopic (exact) mass is 307 g/mol. The van der Waals surface area contributed by atoms with Gasteiger partial charge in [0.25, 0.3) is 0 Å². The number of para-hydroxylation sites is 1. The van der Waals surface area contributed by atoms with Crippen molar-refractivity contribution < 1.29 is 0 Å². The number of nitrogen functional groups attached to an aromatic ring is 1. The fraction of sp³-hybridized carbons (Fsp3) is 0.467. The van der Waals surface area contributed by atoms with E-state index >= 15 is 0 Å². The van der Waals surface area contributed by atoms with Gasteiger partial charge in [0.2, 0.25) is 5.95 Å². The number of hydrogen-bond donors (Lipinski definition) is 3. The minimum Gasteiger partial charge on any atom is -0.383 e. The number of hydrogen-bond acceptors (Lipinski definition) is 5. The van der Waals surface area contributed by atoms with Crippen LogP contribution in [-0.2, 0) is 0 Å². The van der Waals surface area contributed by atoms with Crippen LogP contribution in [0.4, 0.5) is 11.8 Å². The number of fused-ring (bicyclic) bond motifs is 1. The average Bonchev–Trinajstić information content (AvgIpc) is 2.48. The molecule has 1 saturated carbocycles. The molecule has 0 radical (unpaired) electrons. The minimum absolute atomic E-state index is 0. The topological polar surface area (TPSA) is 89.8 Å². The zero-order valence-corrected chi connectivity index (χ0v) is 12.8. The summed E-state index contributed by atoms with van der Waals surface area (Å²) in [6, 6.07) is 8.25. The van der Waals surface area contributed by atoms with Gasteiger partial charge in [-0.25, -0.2) is 4.98 Å². The van der Waals surface area contributed by atoms with Crippen LogP contribution in [0.2, 0.25) is 0 Å². The third-order valence-corrected chi connectivity index (χ3v) is 4.15. The highest BCUT2D eigenvalue weighted by Gasteiger charge is 2.20. The molecule has 0 atom stereocenters. The largest absolute Gasteiger partial charge is 0.383 e. The van der Waals surface area contributed by atoms with Crippen LogP contribution in [0.5, 0.6) is 0 Å². The molecule has 1 aromatic carbocycles. The summed E-state index contributed by atoms with van der Waals surface area (Å²) in [5.41, 5.74) is 12.6. The summed E-state index contributed by atoms with van der Waals surface area (Å²) < 4.78 is 0. The second-order valence-electron chi connectivity index (χ2n) is 5.55. The van der Waals surface area contributed by atoms with Gasteiger partial charge in [0, 0.05) is 11.4 Å². The molecule has 2 aromatic rings. The highest BCUT2D eigenvalue weighted by molar-refractivity contribution is 5.88. The van der Waals surface area contributed by atoms with E-state index in [-0.39, 0.29) is 12.4 Å². The smallest absolute Gasteiger partial charge is 0.225 e. The molecule has 1 aliphatic carbocycles. The number of benzene rings is 1. The third-order valence-electron chi connectivity index (χ3n) is 4.15. The number of rotatable bonds is 3.